The molecule has 2 N–H and O–H groups in total. The highest BCUT2D eigenvalue weighted by Crippen LogP contribution is 2.39. The van der Waals surface area contributed by atoms with Gasteiger partial charge in [-0.05, 0) is 75.1 Å². The van der Waals surface area contributed by atoms with Gasteiger partial charge < -0.3 is 29.5 Å². The van der Waals surface area contributed by atoms with E-state index in [1.807, 2.05) is 44.7 Å². The molecule has 3 aromatic heterocycles. The van der Waals surface area contributed by atoms with Crippen LogP contribution in [0.25, 0.3) is 17.2 Å². The summed E-state index contributed by atoms with van der Waals surface area (Å²) in [6.07, 6.45) is -3.15. The van der Waals surface area contributed by atoms with Gasteiger partial charge in [-0.15, -0.1) is 5.10 Å². The fourth-order valence-corrected chi connectivity index (χ4v) is 7.31. The number of hydrogen-bond acceptors (Lipinski definition) is 10. The smallest absolute Gasteiger partial charge is 0.416 e. The van der Waals surface area contributed by atoms with Crippen molar-refractivity contribution in [3.8, 4) is 17.1 Å². The molecule has 288 valence electrons. The highest BCUT2D eigenvalue weighted by Gasteiger charge is 2.34. The van der Waals surface area contributed by atoms with E-state index in [0.717, 1.165) is 39.4 Å². The highest BCUT2D eigenvalue weighted by atomic mass is 35.5. The van der Waals surface area contributed by atoms with Gasteiger partial charge in [0.05, 0.1) is 39.9 Å². The fraction of sp³-hybridized carbons (Fsp3) is 0.378. The molecule has 2 amide bonds. The Balaban J connectivity index is 1.28. The highest BCUT2D eigenvalue weighted by molar-refractivity contribution is 6.33. The summed E-state index contributed by atoms with van der Waals surface area (Å²) in [7, 11) is 0. The van der Waals surface area contributed by atoms with E-state index in [1.165, 1.54) is 11.2 Å². The minimum Gasteiger partial charge on any atom is -0.504 e. The van der Waals surface area contributed by atoms with Gasteiger partial charge in [0.2, 0.25) is 11.7 Å². The number of halogens is 4. The van der Waals surface area contributed by atoms with Gasteiger partial charge in [0.25, 0.3) is 11.5 Å². The molecule has 1 fully saturated rings. The van der Waals surface area contributed by atoms with E-state index < -0.39 is 41.3 Å². The molecule has 0 spiro atoms. The van der Waals surface area contributed by atoms with Crippen LogP contribution in [0.5, 0.6) is 5.75 Å². The van der Waals surface area contributed by atoms with Crippen LogP contribution in [0.3, 0.4) is 0 Å². The van der Waals surface area contributed by atoms with Crippen molar-refractivity contribution in [2.45, 2.75) is 66.0 Å². The zero-order valence-electron chi connectivity index (χ0n) is 30.6. The molecule has 14 nitrogen and oxygen atoms in total. The number of aromatic nitrogens is 6. The maximum Gasteiger partial charge on any atom is 0.416 e. The standard InChI is InChI=1S/C37H37ClF3N9O5/c1-6-27-30(47-9-11-48(12-10-47)33(53)29-31(52)20(3)42-18-43-29)34(54)50-35(45-32(46-50)23-14-21-17-55-36(4,5)24(21)13-19(23)2)49(27)16-28(51)44-26-8-7-22(15-25(26)38)37(39,40)41/h7-8,13-15,18,52H,6,9-12,16-17H2,1-5H3,(H,44,51). The Morgan fingerprint density at radius 3 is 2.47 bits per heavy atom. The normalized spacial score (nSPS) is 15.4. The van der Waals surface area contributed by atoms with Crippen LogP contribution in [-0.4, -0.2) is 77.1 Å². The molecule has 5 heterocycles. The maximum absolute atomic E-state index is 14.5. The molecule has 0 radical (unpaired) electrons. The Kier molecular flexibility index (Phi) is 9.57. The first-order valence-corrected chi connectivity index (χ1v) is 17.9. The first-order valence-electron chi connectivity index (χ1n) is 17.5. The summed E-state index contributed by atoms with van der Waals surface area (Å²) in [5.41, 5.74) is 2.41. The first kappa shape index (κ1) is 37.8. The van der Waals surface area contributed by atoms with Crippen molar-refractivity contribution in [3.05, 3.63) is 91.4 Å². The second-order valence-corrected chi connectivity index (χ2v) is 14.4. The van der Waals surface area contributed by atoms with Crippen molar-refractivity contribution >= 4 is 40.6 Å². The Bertz CT molecular complexity index is 2440. The van der Waals surface area contributed by atoms with Gasteiger partial charge in [-0.25, -0.2) is 9.97 Å². The topological polar surface area (TPSA) is 160 Å². The molecule has 55 heavy (non-hydrogen) atoms. The van der Waals surface area contributed by atoms with Crippen molar-refractivity contribution in [2.24, 2.45) is 0 Å². The number of amides is 2. The molecule has 7 rings (SSSR count). The first-order chi connectivity index (χ1) is 26.0. The maximum atomic E-state index is 14.5. The molecule has 2 aromatic carbocycles. The monoisotopic (exact) mass is 779 g/mol. The molecule has 5 aromatic rings. The van der Waals surface area contributed by atoms with Crippen LogP contribution < -0.4 is 15.8 Å². The van der Waals surface area contributed by atoms with Crippen molar-refractivity contribution < 1.29 is 32.6 Å². The van der Waals surface area contributed by atoms with E-state index in [-0.39, 0.29) is 77.7 Å². The number of fused-ring (bicyclic) bond motifs is 2. The molecule has 0 atom stereocenters. The molecule has 0 unspecified atom stereocenters. The van der Waals surface area contributed by atoms with Crippen LogP contribution in [-0.2, 0) is 40.9 Å². The number of anilines is 2. The van der Waals surface area contributed by atoms with Crippen LogP contribution in [0.2, 0.25) is 5.02 Å². The largest absolute Gasteiger partial charge is 0.504 e. The molecule has 1 saturated heterocycles. The minimum absolute atomic E-state index is 0.0261. The summed E-state index contributed by atoms with van der Waals surface area (Å²) in [6, 6.07) is 6.59. The van der Waals surface area contributed by atoms with Crippen LogP contribution in [0, 0.1) is 13.8 Å². The fourth-order valence-electron chi connectivity index (χ4n) is 7.09. The molecule has 2 aliphatic rings. The number of carbonyl (C=O) groups is 2. The molecule has 0 saturated carbocycles. The SMILES string of the molecule is CCc1c(N2CCN(C(=O)c3ncnc(C)c3O)CC2)c(=O)n2nc(-c3cc4c(cc3C)C(C)(C)OC4)nc2n1CC(=O)Nc1ccc(C(F)(F)F)cc1Cl. The van der Waals surface area contributed by atoms with Crippen LogP contribution in [0.1, 0.15) is 64.9 Å². The quantitative estimate of drug-likeness (QED) is 0.223. The van der Waals surface area contributed by atoms with Crippen molar-refractivity contribution in [1.29, 1.82) is 0 Å². The molecular formula is C37H37ClF3N9O5. The van der Waals surface area contributed by atoms with Gasteiger partial charge in [0.15, 0.2) is 17.3 Å². The summed E-state index contributed by atoms with van der Waals surface area (Å²) in [5, 5.41) is 17.4. The number of hydrogen-bond donors (Lipinski definition) is 2. The van der Waals surface area contributed by atoms with E-state index in [1.54, 1.807) is 11.5 Å². The number of ether oxygens (including phenoxy) is 1. The number of nitrogens with zero attached hydrogens (tertiary/aromatic N) is 8. The van der Waals surface area contributed by atoms with Crippen LogP contribution >= 0.6 is 11.6 Å². The van der Waals surface area contributed by atoms with Gasteiger partial charge >= 0.3 is 6.18 Å². The number of carbonyl (C=O) groups excluding carboxylic acids is 2. The second-order valence-electron chi connectivity index (χ2n) is 14.0. The summed E-state index contributed by atoms with van der Waals surface area (Å²) in [4.78, 5) is 57.5. The number of aryl methyl sites for hydroxylation is 2. The Morgan fingerprint density at radius 1 is 1.07 bits per heavy atom. The van der Waals surface area contributed by atoms with Crippen LogP contribution in [0.4, 0.5) is 24.5 Å². The Hall–Kier alpha value is -5.55. The number of nitrogens with one attached hydrogen (secondary N) is 1. The molecule has 0 aliphatic carbocycles. The zero-order valence-corrected chi connectivity index (χ0v) is 31.3. The summed E-state index contributed by atoms with van der Waals surface area (Å²) >= 11 is 6.16. The average Bonchev–Trinajstić information content (AvgIpc) is 3.71. The van der Waals surface area contributed by atoms with Gasteiger partial charge in [0, 0.05) is 31.7 Å². The number of rotatable bonds is 7. The third-order valence-electron chi connectivity index (χ3n) is 10.1. The third-order valence-corrected chi connectivity index (χ3v) is 10.4. The number of benzene rings is 2. The lowest BCUT2D eigenvalue weighted by molar-refractivity contribution is -0.137. The van der Waals surface area contributed by atoms with E-state index in [9.17, 15) is 32.7 Å². The summed E-state index contributed by atoms with van der Waals surface area (Å²) in [5.74, 6) is -1.10. The van der Waals surface area contributed by atoms with E-state index in [2.05, 4.69) is 20.4 Å². The van der Waals surface area contributed by atoms with Gasteiger partial charge in [-0.2, -0.15) is 22.7 Å². The Labute approximate surface area is 317 Å². The number of piperazine rings is 1. The summed E-state index contributed by atoms with van der Waals surface area (Å²) < 4.78 is 48.6. The van der Waals surface area contributed by atoms with Gasteiger partial charge in [0.1, 0.15) is 18.6 Å². The third kappa shape index (κ3) is 6.86. The van der Waals surface area contributed by atoms with Gasteiger partial charge in [-0.3, -0.25) is 14.4 Å². The van der Waals surface area contributed by atoms with Crippen molar-refractivity contribution in [3.63, 3.8) is 0 Å². The van der Waals surface area contributed by atoms with Crippen LogP contribution in [0.15, 0.2) is 41.5 Å². The molecule has 0 bridgehead atoms. The number of alkyl halides is 3. The average molecular weight is 780 g/mol. The van der Waals surface area contributed by atoms with Crippen molar-refractivity contribution in [2.75, 3.05) is 36.4 Å². The zero-order chi connectivity index (χ0) is 39.6. The van der Waals surface area contributed by atoms with E-state index in [4.69, 9.17) is 21.3 Å². The predicted molar refractivity (Wildman–Crippen MR) is 196 cm³/mol. The van der Waals surface area contributed by atoms with Crippen molar-refractivity contribution in [1.82, 2.24) is 34.0 Å². The van der Waals surface area contributed by atoms with E-state index >= 15 is 0 Å². The van der Waals surface area contributed by atoms with E-state index in [0.29, 0.717) is 17.9 Å². The molecule has 2 aliphatic heterocycles. The molecule has 18 heteroatoms. The predicted octanol–water partition coefficient (Wildman–Crippen LogP) is 5.27. The lowest BCUT2D eigenvalue weighted by Gasteiger charge is -2.36. The second kappa shape index (κ2) is 13.9. The summed E-state index contributed by atoms with van der Waals surface area (Å²) in [6.45, 7) is 10.1. The lowest BCUT2D eigenvalue weighted by atomic mass is 9.92. The number of aromatic hydroxyl groups is 1. The van der Waals surface area contributed by atoms with Gasteiger partial charge in [-0.1, -0.05) is 24.6 Å². The lowest BCUT2D eigenvalue weighted by Crippen LogP contribution is -2.51. The Morgan fingerprint density at radius 2 is 1.80 bits per heavy atom. The molecular weight excluding hydrogens is 743 g/mol. The minimum atomic E-state index is -4.62.